The van der Waals surface area contributed by atoms with Gasteiger partial charge in [-0.25, -0.2) is 0 Å². The van der Waals surface area contributed by atoms with Gasteiger partial charge in [0, 0.05) is 13.0 Å². The van der Waals surface area contributed by atoms with Crippen LogP contribution in [-0.4, -0.2) is 23.0 Å². The van der Waals surface area contributed by atoms with E-state index in [9.17, 15) is 9.59 Å². The fourth-order valence-electron chi connectivity index (χ4n) is 2.74. The van der Waals surface area contributed by atoms with Crippen LogP contribution in [-0.2, 0) is 9.59 Å². The molecule has 0 spiro atoms. The van der Waals surface area contributed by atoms with Gasteiger partial charge in [-0.3, -0.25) is 9.59 Å². The molecule has 0 aromatic carbocycles. The van der Waals surface area contributed by atoms with Crippen LogP contribution in [0.2, 0.25) is 0 Å². The normalized spacial score (nSPS) is 27.1. The molecule has 1 saturated carbocycles. The Morgan fingerprint density at radius 2 is 2.00 bits per heavy atom. The highest BCUT2D eigenvalue weighted by molar-refractivity contribution is 5.74. The third-order valence-electron chi connectivity index (χ3n) is 3.48. The number of aliphatic carboxylic acids is 1. The zero-order chi connectivity index (χ0) is 12.1. The maximum Gasteiger partial charge on any atom is 0.306 e. The second-order valence-corrected chi connectivity index (χ2v) is 4.61. The highest BCUT2D eigenvalue weighted by Gasteiger charge is 2.35. The molecule has 16 heavy (non-hydrogen) atoms. The minimum absolute atomic E-state index is 0.0484. The smallest absolute Gasteiger partial charge is 0.306 e. The molecule has 4 heteroatoms. The van der Waals surface area contributed by atoms with Crippen LogP contribution in [0.5, 0.6) is 0 Å². The van der Waals surface area contributed by atoms with Crippen LogP contribution >= 0.6 is 0 Å². The largest absolute Gasteiger partial charge is 0.481 e. The van der Waals surface area contributed by atoms with Crippen molar-refractivity contribution in [1.29, 1.82) is 0 Å². The van der Waals surface area contributed by atoms with E-state index < -0.39 is 5.97 Å². The lowest BCUT2D eigenvalue weighted by Gasteiger charge is -2.35. The molecule has 2 N–H and O–H groups in total. The Morgan fingerprint density at radius 1 is 1.38 bits per heavy atom. The van der Waals surface area contributed by atoms with Crippen LogP contribution in [0.4, 0.5) is 0 Å². The van der Waals surface area contributed by atoms with Crippen molar-refractivity contribution in [1.82, 2.24) is 5.32 Å². The fraction of sp³-hybridized carbons (Fsp3) is 0.833. The van der Waals surface area contributed by atoms with Crippen molar-refractivity contribution in [2.45, 2.75) is 52.0 Å². The first-order chi connectivity index (χ1) is 7.56. The van der Waals surface area contributed by atoms with Gasteiger partial charge < -0.3 is 10.4 Å². The molecule has 1 fully saturated rings. The second kappa shape index (κ2) is 5.87. The number of carbonyl (C=O) groups excluding carboxylic acids is 1. The summed E-state index contributed by atoms with van der Waals surface area (Å²) in [5, 5.41) is 12.1. The standard InChI is InChI=1S/C12H21NO3/c1-3-9(12(15)16)10-6-4-5-7-11(10)13-8(2)14/h9-11H,3-7H2,1-2H3,(H,13,14)(H,15,16)/t9?,10-,11+/m0/s1. The average Bonchev–Trinajstić information content (AvgIpc) is 2.20. The van der Waals surface area contributed by atoms with E-state index in [-0.39, 0.29) is 23.8 Å². The molecule has 1 amide bonds. The minimum atomic E-state index is -0.732. The van der Waals surface area contributed by atoms with Crippen molar-refractivity contribution in [2.75, 3.05) is 0 Å². The Balaban J connectivity index is 2.71. The van der Waals surface area contributed by atoms with E-state index >= 15 is 0 Å². The van der Waals surface area contributed by atoms with Gasteiger partial charge in [0.1, 0.15) is 0 Å². The Hall–Kier alpha value is -1.06. The summed E-state index contributed by atoms with van der Waals surface area (Å²) in [5.41, 5.74) is 0. The zero-order valence-electron chi connectivity index (χ0n) is 10.0. The van der Waals surface area contributed by atoms with E-state index in [1.165, 1.54) is 6.92 Å². The number of hydrogen-bond donors (Lipinski definition) is 2. The van der Waals surface area contributed by atoms with Gasteiger partial charge in [0.15, 0.2) is 0 Å². The summed E-state index contributed by atoms with van der Waals surface area (Å²) in [7, 11) is 0. The number of carboxylic acids is 1. The molecular formula is C12H21NO3. The molecule has 0 heterocycles. The number of rotatable bonds is 4. The molecule has 1 rings (SSSR count). The summed E-state index contributed by atoms with van der Waals surface area (Å²) in [6, 6.07) is 0.0484. The van der Waals surface area contributed by atoms with E-state index in [2.05, 4.69) is 5.32 Å². The lowest BCUT2D eigenvalue weighted by Crippen LogP contribution is -2.45. The number of amides is 1. The molecular weight excluding hydrogens is 206 g/mol. The first-order valence-corrected chi connectivity index (χ1v) is 6.06. The maximum absolute atomic E-state index is 11.1. The molecule has 1 unspecified atom stereocenters. The van der Waals surface area contributed by atoms with Crippen molar-refractivity contribution in [3.05, 3.63) is 0 Å². The third kappa shape index (κ3) is 3.22. The molecule has 0 aromatic rings. The van der Waals surface area contributed by atoms with E-state index in [0.717, 1.165) is 25.7 Å². The van der Waals surface area contributed by atoms with Crippen molar-refractivity contribution < 1.29 is 14.7 Å². The van der Waals surface area contributed by atoms with E-state index in [1.54, 1.807) is 0 Å². The molecule has 1 aliphatic carbocycles. The van der Waals surface area contributed by atoms with Crippen molar-refractivity contribution in [3.8, 4) is 0 Å². The van der Waals surface area contributed by atoms with Crippen molar-refractivity contribution >= 4 is 11.9 Å². The molecule has 4 nitrogen and oxygen atoms in total. The summed E-state index contributed by atoms with van der Waals surface area (Å²) in [5.74, 6) is -1.01. The predicted molar refractivity (Wildman–Crippen MR) is 61.0 cm³/mol. The Labute approximate surface area is 96.4 Å². The van der Waals surface area contributed by atoms with E-state index in [1.807, 2.05) is 6.92 Å². The van der Waals surface area contributed by atoms with Gasteiger partial charge in [-0.1, -0.05) is 19.8 Å². The van der Waals surface area contributed by atoms with Gasteiger partial charge in [0.2, 0.25) is 5.91 Å². The summed E-state index contributed by atoms with van der Waals surface area (Å²) >= 11 is 0. The van der Waals surface area contributed by atoms with Gasteiger partial charge in [-0.15, -0.1) is 0 Å². The summed E-state index contributed by atoms with van der Waals surface area (Å²) in [4.78, 5) is 22.2. The first-order valence-electron chi connectivity index (χ1n) is 6.06. The SMILES string of the molecule is CCC(C(=O)O)[C@@H]1CCCC[C@H]1NC(C)=O. The van der Waals surface area contributed by atoms with Gasteiger partial charge >= 0.3 is 5.97 Å². The summed E-state index contributed by atoms with van der Waals surface area (Å²) < 4.78 is 0. The van der Waals surface area contributed by atoms with Crippen molar-refractivity contribution in [3.63, 3.8) is 0 Å². The van der Waals surface area contributed by atoms with Gasteiger partial charge in [0.05, 0.1) is 5.92 Å². The molecule has 92 valence electrons. The Morgan fingerprint density at radius 3 is 2.50 bits per heavy atom. The van der Waals surface area contributed by atoms with E-state index in [0.29, 0.717) is 6.42 Å². The lowest BCUT2D eigenvalue weighted by atomic mass is 9.75. The Kier molecular flexibility index (Phi) is 4.77. The summed E-state index contributed by atoms with van der Waals surface area (Å²) in [6.45, 7) is 3.39. The van der Waals surface area contributed by atoms with Gasteiger partial charge in [-0.05, 0) is 25.2 Å². The number of carboxylic acid groups (broad SMARTS) is 1. The predicted octanol–water partition coefficient (Wildman–Crippen LogP) is 1.79. The highest BCUT2D eigenvalue weighted by Crippen LogP contribution is 2.32. The maximum atomic E-state index is 11.1. The molecule has 0 aromatic heterocycles. The molecule has 0 radical (unpaired) electrons. The number of carbonyl (C=O) groups is 2. The van der Waals surface area contributed by atoms with Crippen LogP contribution in [0.15, 0.2) is 0 Å². The quantitative estimate of drug-likeness (QED) is 0.769. The lowest BCUT2D eigenvalue weighted by molar-refractivity contribution is -0.145. The van der Waals surface area contributed by atoms with Crippen LogP contribution in [0, 0.1) is 11.8 Å². The molecule has 0 saturated heterocycles. The van der Waals surface area contributed by atoms with E-state index in [4.69, 9.17) is 5.11 Å². The molecule has 0 aliphatic heterocycles. The average molecular weight is 227 g/mol. The molecule has 1 aliphatic rings. The van der Waals surface area contributed by atoms with Crippen LogP contribution in [0.3, 0.4) is 0 Å². The molecule has 0 bridgehead atoms. The third-order valence-corrected chi connectivity index (χ3v) is 3.48. The monoisotopic (exact) mass is 227 g/mol. The first kappa shape index (κ1) is 13.0. The topological polar surface area (TPSA) is 66.4 Å². The zero-order valence-corrected chi connectivity index (χ0v) is 10.0. The second-order valence-electron chi connectivity index (χ2n) is 4.61. The van der Waals surface area contributed by atoms with Crippen LogP contribution in [0.25, 0.3) is 0 Å². The van der Waals surface area contributed by atoms with Crippen LogP contribution in [0.1, 0.15) is 46.0 Å². The Bertz CT molecular complexity index is 265. The fourth-order valence-corrected chi connectivity index (χ4v) is 2.74. The number of hydrogen-bond acceptors (Lipinski definition) is 2. The van der Waals surface area contributed by atoms with Crippen molar-refractivity contribution in [2.24, 2.45) is 11.8 Å². The highest BCUT2D eigenvalue weighted by atomic mass is 16.4. The summed E-state index contributed by atoms with van der Waals surface area (Å²) in [6.07, 6.45) is 4.61. The molecule has 3 atom stereocenters. The van der Waals surface area contributed by atoms with Gasteiger partial charge in [0.25, 0.3) is 0 Å². The van der Waals surface area contributed by atoms with Gasteiger partial charge in [-0.2, -0.15) is 0 Å². The minimum Gasteiger partial charge on any atom is -0.481 e. The number of nitrogens with one attached hydrogen (secondary N) is 1. The van der Waals surface area contributed by atoms with Crippen LogP contribution < -0.4 is 5.32 Å².